The number of hydrogen-bond acceptors (Lipinski definition) is 0. The van der Waals surface area contributed by atoms with E-state index >= 15 is 0 Å². The van der Waals surface area contributed by atoms with Gasteiger partial charge in [0, 0.05) is 0 Å². The van der Waals surface area contributed by atoms with Crippen LogP contribution in [-0.4, -0.2) is 11.8 Å². The van der Waals surface area contributed by atoms with Crippen molar-refractivity contribution in [3.8, 4) is 0 Å². The summed E-state index contributed by atoms with van der Waals surface area (Å²) < 4.78 is 0. The number of rotatable bonds is 10. The maximum Gasteiger partial charge on any atom is -0.0169 e. The van der Waals surface area contributed by atoms with Gasteiger partial charge < -0.3 is 0 Å². The van der Waals surface area contributed by atoms with Gasteiger partial charge in [-0.05, 0) is 66.8 Å². The third kappa shape index (κ3) is 5.59. The van der Waals surface area contributed by atoms with Crippen molar-refractivity contribution < 1.29 is 0 Å². The second kappa shape index (κ2) is 11.3. The molecule has 0 aliphatic heterocycles. The lowest BCUT2D eigenvalue weighted by Crippen LogP contribution is -2.22. The average molecular weight is 347 g/mol. The van der Waals surface area contributed by atoms with Crippen LogP contribution in [0.2, 0.25) is 0 Å². The molecule has 2 rings (SSSR count). The third-order valence-electron chi connectivity index (χ3n) is 5.62. The van der Waals surface area contributed by atoms with Crippen LogP contribution in [0.25, 0.3) is 0 Å². The zero-order valence-electron chi connectivity index (χ0n) is 16.4. The molecule has 0 N–H and O–H groups in total. The topological polar surface area (TPSA) is 0 Å². The van der Waals surface area contributed by atoms with E-state index in [0.717, 1.165) is 5.66 Å². The summed E-state index contributed by atoms with van der Waals surface area (Å²) in [4.78, 5) is 0. The van der Waals surface area contributed by atoms with Gasteiger partial charge in [-0.2, -0.15) is 0 Å². The molecule has 1 aliphatic rings. The van der Waals surface area contributed by atoms with Crippen LogP contribution in [0, 0.1) is 0 Å². The van der Waals surface area contributed by atoms with Crippen LogP contribution in [0.15, 0.2) is 18.2 Å². The van der Waals surface area contributed by atoms with Crippen molar-refractivity contribution in [1.29, 1.82) is 0 Å². The molecule has 0 aromatic heterocycles. The monoisotopic (exact) mass is 346 g/mol. The first-order valence-electron chi connectivity index (χ1n) is 10.7. The average Bonchev–Trinajstić information content (AvgIpc) is 2.63. The van der Waals surface area contributed by atoms with E-state index in [1.165, 1.54) is 83.2 Å². The molecule has 1 unspecified atom stereocenters. The number of benzene rings is 1. The van der Waals surface area contributed by atoms with E-state index in [1.54, 1.807) is 16.4 Å². The molecule has 0 saturated heterocycles. The summed E-state index contributed by atoms with van der Waals surface area (Å²) in [6.45, 7) is 7.05. The smallest absolute Gasteiger partial charge is 0.0169 e. The van der Waals surface area contributed by atoms with Crippen molar-refractivity contribution in [2.24, 2.45) is 0 Å². The fourth-order valence-corrected chi connectivity index (χ4v) is 7.62. The first-order valence-corrected chi connectivity index (χ1v) is 12.3. The van der Waals surface area contributed by atoms with Crippen LogP contribution >= 0.6 is 7.92 Å². The minimum atomic E-state index is 0.0574. The molecule has 24 heavy (non-hydrogen) atoms. The Balaban J connectivity index is 2.31. The van der Waals surface area contributed by atoms with Crippen LogP contribution in [0.1, 0.15) is 96.1 Å². The fourth-order valence-electron chi connectivity index (χ4n) is 4.27. The predicted octanol–water partition coefficient (Wildman–Crippen LogP) is 7.22. The SMILES string of the molecule is CCCCc1cccc(P(CCC)C2CCCCC2)c1CCCC. The van der Waals surface area contributed by atoms with Crippen LogP contribution in [0.3, 0.4) is 0 Å². The number of hydrogen-bond donors (Lipinski definition) is 0. The maximum absolute atomic E-state index is 2.52. The molecular weight excluding hydrogens is 307 g/mol. The highest BCUT2D eigenvalue weighted by molar-refractivity contribution is 7.66. The lowest BCUT2D eigenvalue weighted by molar-refractivity contribution is 0.511. The first kappa shape index (κ1) is 20.0. The van der Waals surface area contributed by atoms with Gasteiger partial charge in [-0.1, -0.05) is 85.4 Å². The van der Waals surface area contributed by atoms with Crippen molar-refractivity contribution in [2.75, 3.05) is 6.16 Å². The highest BCUT2D eigenvalue weighted by Crippen LogP contribution is 2.48. The molecule has 0 nitrogen and oxygen atoms in total. The molecule has 1 fully saturated rings. The van der Waals surface area contributed by atoms with Crippen LogP contribution in [-0.2, 0) is 12.8 Å². The molecular formula is C23H39P. The van der Waals surface area contributed by atoms with E-state index in [2.05, 4.69) is 39.0 Å². The van der Waals surface area contributed by atoms with Crippen LogP contribution < -0.4 is 5.30 Å². The third-order valence-corrected chi connectivity index (χ3v) is 8.98. The molecule has 1 heteroatoms. The van der Waals surface area contributed by atoms with Crippen molar-refractivity contribution in [1.82, 2.24) is 0 Å². The molecule has 0 radical (unpaired) electrons. The van der Waals surface area contributed by atoms with E-state index in [9.17, 15) is 0 Å². The highest BCUT2D eigenvalue weighted by atomic mass is 31.1. The van der Waals surface area contributed by atoms with Crippen LogP contribution in [0.4, 0.5) is 0 Å². The Hall–Kier alpha value is -0.350. The lowest BCUT2D eigenvalue weighted by Gasteiger charge is -2.33. The Morgan fingerprint density at radius 1 is 0.875 bits per heavy atom. The molecule has 1 aromatic rings. The molecule has 0 spiro atoms. The summed E-state index contributed by atoms with van der Waals surface area (Å²) >= 11 is 0. The normalized spacial score (nSPS) is 17.1. The molecule has 1 saturated carbocycles. The van der Waals surface area contributed by atoms with E-state index in [1.807, 2.05) is 0 Å². The van der Waals surface area contributed by atoms with E-state index in [4.69, 9.17) is 0 Å². The summed E-state index contributed by atoms with van der Waals surface area (Å²) in [5, 5.41) is 1.81. The summed E-state index contributed by atoms with van der Waals surface area (Å²) in [5.41, 5.74) is 4.47. The first-order chi connectivity index (χ1) is 11.8. The van der Waals surface area contributed by atoms with Gasteiger partial charge in [0.25, 0.3) is 0 Å². The molecule has 1 aliphatic carbocycles. The van der Waals surface area contributed by atoms with Gasteiger partial charge in [0.15, 0.2) is 0 Å². The van der Waals surface area contributed by atoms with Gasteiger partial charge in [-0.25, -0.2) is 0 Å². The predicted molar refractivity (Wildman–Crippen MR) is 112 cm³/mol. The minimum absolute atomic E-state index is 0.0574. The van der Waals surface area contributed by atoms with Gasteiger partial charge in [-0.15, -0.1) is 0 Å². The molecule has 136 valence electrons. The molecule has 1 aromatic carbocycles. The Morgan fingerprint density at radius 3 is 2.25 bits per heavy atom. The molecule has 0 heterocycles. The Bertz CT molecular complexity index is 459. The number of aryl methyl sites for hydroxylation is 1. The van der Waals surface area contributed by atoms with Gasteiger partial charge in [-0.3, -0.25) is 0 Å². The van der Waals surface area contributed by atoms with E-state index in [-0.39, 0.29) is 7.92 Å². The largest absolute Gasteiger partial charge is 0.0718 e. The van der Waals surface area contributed by atoms with Crippen molar-refractivity contribution >= 4 is 13.2 Å². The van der Waals surface area contributed by atoms with E-state index < -0.39 is 0 Å². The van der Waals surface area contributed by atoms with Gasteiger partial charge in [0.2, 0.25) is 0 Å². The van der Waals surface area contributed by atoms with Crippen molar-refractivity contribution in [2.45, 2.75) is 103 Å². The standard InChI is InChI=1S/C23H39P/c1-4-7-13-20-14-12-18-23(22(20)17-8-5-2)24(19-6-3)21-15-10-9-11-16-21/h12,14,18,21H,4-11,13,15-17,19H2,1-3H3. The number of unbranched alkanes of at least 4 members (excludes halogenated alkanes) is 2. The Labute approximate surface area is 152 Å². The summed E-state index contributed by atoms with van der Waals surface area (Å²) in [6.07, 6.45) is 18.2. The summed E-state index contributed by atoms with van der Waals surface area (Å²) in [6, 6.07) is 7.34. The van der Waals surface area contributed by atoms with Gasteiger partial charge >= 0.3 is 0 Å². The molecule has 0 amide bonds. The minimum Gasteiger partial charge on any atom is -0.0718 e. The highest BCUT2D eigenvalue weighted by Gasteiger charge is 2.26. The van der Waals surface area contributed by atoms with E-state index in [0.29, 0.717) is 0 Å². The molecule has 1 atom stereocenters. The molecule has 0 bridgehead atoms. The lowest BCUT2D eigenvalue weighted by atomic mass is 9.98. The van der Waals surface area contributed by atoms with Gasteiger partial charge in [0.1, 0.15) is 0 Å². The second-order valence-electron chi connectivity index (χ2n) is 7.61. The fraction of sp³-hybridized carbons (Fsp3) is 0.739. The zero-order chi connectivity index (χ0) is 17.2. The van der Waals surface area contributed by atoms with Crippen molar-refractivity contribution in [3.63, 3.8) is 0 Å². The quantitative estimate of drug-likeness (QED) is 0.392. The Kier molecular flexibility index (Phi) is 9.40. The summed E-state index contributed by atoms with van der Waals surface area (Å²) in [7, 11) is 0.0574. The van der Waals surface area contributed by atoms with Gasteiger partial charge in [0.05, 0.1) is 0 Å². The van der Waals surface area contributed by atoms with Crippen molar-refractivity contribution in [3.05, 3.63) is 29.3 Å². The Morgan fingerprint density at radius 2 is 1.58 bits per heavy atom. The summed E-state index contributed by atoms with van der Waals surface area (Å²) in [5.74, 6) is 0. The second-order valence-corrected chi connectivity index (χ2v) is 10.2. The maximum atomic E-state index is 2.52. The zero-order valence-corrected chi connectivity index (χ0v) is 17.3. The van der Waals surface area contributed by atoms with Crippen LogP contribution in [0.5, 0.6) is 0 Å².